The maximum atomic E-state index is 12.9. The number of amides is 1. The lowest BCUT2D eigenvalue weighted by molar-refractivity contribution is -0.125. The highest BCUT2D eigenvalue weighted by Crippen LogP contribution is 2.22. The van der Waals surface area contributed by atoms with Crippen LogP contribution in [-0.4, -0.2) is 45.4 Å². The van der Waals surface area contributed by atoms with Crippen LogP contribution in [0.3, 0.4) is 0 Å². The molecule has 1 amide bonds. The van der Waals surface area contributed by atoms with E-state index in [4.69, 9.17) is 0 Å². The van der Waals surface area contributed by atoms with E-state index in [1.165, 1.54) is 12.1 Å². The molecule has 8 heteroatoms. The van der Waals surface area contributed by atoms with Crippen LogP contribution in [0.1, 0.15) is 18.4 Å². The van der Waals surface area contributed by atoms with E-state index in [0.29, 0.717) is 25.2 Å². The second-order valence-corrected chi connectivity index (χ2v) is 6.78. The zero-order valence-electron chi connectivity index (χ0n) is 14.9. The summed E-state index contributed by atoms with van der Waals surface area (Å²) >= 11 is 0. The zero-order valence-corrected chi connectivity index (χ0v) is 14.9. The number of aromatic nitrogens is 4. The number of benzene rings is 1. The van der Waals surface area contributed by atoms with Crippen LogP contribution in [0.15, 0.2) is 42.7 Å². The lowest BCUT2D eigenvalue weighted by Crippen LogP contribution is -2.43. The highest BCUT2D eigenvalue weighted by atomic mass is 19.1. The Kier molecular flexibility index (Phi) is 4.95. The van der Waals surface area contributed by atoms with Gasteiger partial charge in [0.25, 0.3) is 0 Å². The predicted molar refractivity (Wildman–Crippen MR) is 98.8 cm³/mol. The molecule has 1 saturated heterocycles. The van der Waals surface area contributed by atoms with E-state index in [9.17, 15) is 9.18 Å². The third kappa shape index (κ3) is 4.05. The van der Waals surface area contributed by atoms with Crippen molar-refractivity contribution in [1.29, 1.82) is 0 Å². The van der Waals surface area contributed by atoms with Gasteiger partial charge in [-0.3, -0.25) is 4.79 Å². The zero-order chi connectivity index (χ0) is 18.6. The standard InChI is InChI=1S/C19H21FN6O/c20-16-5-3-14(4-6-16)9-10-21-19(27)15-2-1-11-25(12-15)18-8-7-17-23-22-13-26(17)24-18/h3-8,13,15H,1-2,9-12H2,(H,21,27). The summed E-state index contributed by atoms with van der Waals surface area (Å²) in [5.74, 6) is 0.576. The van der Waals surface area contributed by atoms with E-state index in [-0.39, 0.29) is 17.6 Å². The molecule has 1 fully saturated rings. The van der Waals surface area contributed by atoms with Crippen molar-refractivity contribution >= 4 is 17.4 Å². The Balaban J connectivity index is 1.33. The SMILES string of the molecule is O=C(NCCc1ccc(F)cc1)C1CCCN(c2ccc3nncn3n2)C1. The predicted octanol–water partition coefficient (Wildman–Crippen LogP) is 1.84. The van der Waals surface area contributed by atoms with Gasteiger partial charge >= 0.3 is 0 Å². The lowest BCUT2D eigenvalue weighted by Gasteiger charge is -2.32. The van der Waals surface area contributed by atoms with Gasteiger partial charge in [-0.1, -0.05) is 12.1 Å². The number of rotatable bonds is 5. The molecule has 0 radical (unpaired) electrons. The van der Waals surface area contributed by atoms with E-state index < -0.39 is 0 Å². The van der Waals surface area contributed by atoms with E-state index in [0.717, 1.165) is 30.8 Å². The number of piperidine rings is 1. The van der Waals surface area contributed by atoms with Gasteiger partial charge in [0.15, 0.2) is 5.65 Å². The van der Waals surface area contributed by atoms with Gasteiger partial charge < -0.3 is 10.2 Å². The monoisotopic (exact) mass is 368 g/mol. The third-order valence-corrected chi connectivity index (χ3v) is 4.89. The van der Waals surface area contributed by atoms with Crippen LogP contribution >= 0.6 is 0 Å². The molecule has 0 bridgehead atoms. The van der Waals surface area contributed by atoms with Gasteiger partial charge in [-0.25, -0.2) is 4.39 Å². The summed E-state index contributed by atoms with van der Waals surface area (Å²) in [7, 11) is 0. The summed E-state index contributed by atoms with van der Waals surface area (Å²) in [6.45, 7) is 2.06. The van der Waals surface area contributed by atoms with Crippen molar-refractivity contribution in [2.45, 2.75) is 19.3 Å². The van der Waals surface area contributed by atoms with Crippen molar-refractivity contribution in [2.75, 3.05) is 24.5 Å². The van der Waals surface area contributed by atoms with Gasteiger partial charge in [-0.15, -0.1) is 15.3 Å². The van der Waals surface area contributed by atoms with Crippen molar-refractivity contribution in [2.24, 2.45) is 5.92 Å². The van der Waals surface area contributed by atoms with E-state index >= 15 is 0 Å². The molecule has 1 atom stereocenters. The van der Waals surface area contributed by atoms with Crippen LogP contribution in [0, 0.1) is 11.7 Å². The molecule has 1 aliphatic rings. The van der Waals surface area contributed by atoms with Crippen LogP contribution in [0.25, 0.3) is 5.65 Å². The maximum absolute atomic E-state index is 12.9. The summed E-state index contributed by atoms with van der Waals surface area (Å²) in [5, 5.41) is 15.3. The molecule has 7 nitrogen and oxygen atoms in total. The van der Waals surface area contributed by atoms with Crippen LogP contribution in [0.5, 0.6) is 0 Å². The minimum atomic E-state index is -0.247. The fourth-order valence-corrected chi connectivity index (χ4v) is 3.41. The molecule has 3 heterocycles. The van der Waals surface area contributed by atoms with Crippen LogP contribution in [-0.2, 0) is 11.2 Å². The first-order valence-corrected chi connectivity index (χ1v) is 9.13. The fourth-order valence-electron chi connectivity index (χ4n) is 3.41. The number of carbonyl (C=O) groups excluding carboxylic acids is 1. The number of carbonyl (C=O) groups is 1. The molecule has 0 spiro atoms. The van der Waals surface area contributed by atoms with Crippen LogP contribution < -0.4 is 10.2 Å². The Labute approximate surface area is 156 Å². The smallest absolute Gasteiger partial charge is 0.224 e. The second-order valence-electron chi connectivity index (χ2n) is 6.78. The van der Waals surface area contributed by atoms with Gasteiger partial charge in [0.1, 0.15) is 18.0 Å². The molecular weight excluding hydrogens is 347 g/mol. The van der Waals surface area contributed by atoms with Crippen molar-refractivity contribution < 1.29 is 9.18 Å². The van der Waals surface area contributed by atoms with Gasteiger partial charge in [-0.05, 0) is 49.1 Å². The molecule has 3 aromatic rings. The summed E-state index contributed by atoms with van der Waals surface area (Å²) in [5.41, 5.74) is 1.71. The quantitative estimate of drug-likeness (QED) is 0.744. The van der Waals surface area contributed by atoms with Crippen LogP contribution in [0.4, 0.5) is 10.2 Å². The van der Waals surface area contributed by atoms with Crippen molar-refractivity contribution in [3.8, 4) is 0 Å². The first-order chi connectivity index (χ1) is 13.2. The molecule has 1 unspecified atom stereocenters. The van der Waals surface area contributed by atoms with Gasteiger partial charge in [0.2, 0.25) is 5.91 Å². The van der Waals surface area contributed by atoms with Crippen molar-refractivity contribution in [3.05, 3.63) is 54.1 Å². The molecule has 1 aromatic carbocycles. The first-order valence-electron chi connectivity index (χ1n) is 9.13. The summed E-state index contributed by atoms with van der Waals surface area (Å²) < 4.78 is 14.6. The fraction of sp³-hybridized carbons (Fsp3) is 0.368. The molecular formula is C19H21FN6O. The summed E-state index contributed by atoms with van der Waals surface area (Å²) in [6.07, 6.45) is 4.07. The average molecular weight is 368 g/mol. The number of halogens is 1. The Bertz CT molecular complexity index is 925. The van der Waals surface area contributed by atoms with Crippen molar-refractivity contribution in [3.63, 3.8) is 0 Å². The average Bonchev–Trinajstić information content (AvgIpc) is 3.17. The largest absolute Gasteiger partial charge is 0.355 e. The highest BCUT2D eigenvalue weighted by molar-refractivity contribution is 5.79. The summed E-state index contributed by atoms with van der Waals surface area (Å²) in [4.78, 5) is 14.7. The highest BCUT2D eigenvalue weighted by Gasteiger charge is 2.26. The minimum absolute atomic E-state index is 0.0622. The Morgan fingerprint density at radius 1 is 1.22 bits per heavy atom. The summed E-state index contributed by atoms with van der Waals surface area (Å²) in [6, 6.07) is 10.2. The molecule has 1 N–H and O–H groups in total. The van der Waals surface area contributed by atoms with Crippen LogP contribution in [0.2, 0.25) is 0 Å². The maximum Gasteiger partial charge on any atom is 0.224 e. The van der Waals surface area contributed by atoms with Gasteiger partial charge in [0, 0.05) is 19.6 Å². The number of nitrogens with zero attached hydrogens (tertiary/aromatic N) is 5. The first kappa shape index (κ1) is 17.4. The lowest BCUT2D eigenvalue weighted by atomic mass is 9.97. The number of hydrogen-bond acceptors (Lipinski definition) is 5. The molecule has 1 aliphatic heterocycles. The molecule has 4 rings (SSSR count). The second kappa shape index (κ2) is 7.69. The number of nitrogens with one attached hydrogen (secondary N) is 1. The van der Waals surface area contributed by atoms with Gasteiger partial charge in [-0.2, -0.15) is 4.52 Å². The molecule has 27 heavy (non-hydrogen) atoms. The van der Waals surface area contributed by atoms with E-state index in [2.05, 4.69) is 25.5 Å². The number of fused-ring (bicyclic) bond motifs is 1. The molecule has 0 saturated carbocycles. The number of hydrogen-bond donors (Lipinski definition) is 1. The Morgan fingerprint density at radius 2 is 2.07 bits per heavy atom. The Hall–Kier alpha value is -3.03. The van der Waals surface area contributed by atoms with Crippen molar-refractivity contribution in [1.82, 2.24) is 25.1 Å². The normalized spacial score (nSPS) is 17.2. The Morgan fingerprint density at radius 3 is 2.93 bits per heavy atom. The van der Waals surface area contributed by atoms with E-state index in [1.807, 2.05) is 12.1 Å². The molecule has 140 valence electrons. The third-order valence-electron chi connectivity index (χ3n) is 4.89. The number of anilines is 1. The molecule has 0 aliphatic carbocycles. The minimum Gasteiger partial charge on any atom is -0.355 e. The van der Waals surface area contributed by atoms with Gasteiger partial charge in [0.05, 0.1) is 5.92 Å². The van der Waals surface area contributed by atoms with E-state index in [1.54, 1.807) is 23.0 Å². The topological polar surface area (TPSA) is 75.4 Å². The molecule has 2 aromatic heterocycles.